The van der Waals surface area contributed by atoms with Gasteiger partial charge in [0.1, 0.15) is 12.3 Å². The van der Waals surface area contributed by atoms with Gasteiger partial charge in [0.25, 0.3) is 10.0 Å². The Labute approximate surface area is 200 Å². The molecule has 0 fully saturated rings. The van der Waals surface area contributed by atoms with Gasteiger partial charge in [-0.1, -0.05) is 35.9 Å². The van der Waals surface area contributed by atoms with Crippen LogP contribution >= 0.6 is 11.6 Å². The van der Waals surface area contributed by atoms with Gasteiger partial charge in [-0.25, -0.2) is 8.42 Å². The first-order chi connectivity index (χ1) is 15.6. The fourth-order valence-corrected chi connectivity index (χ4v) is 4.99. The van der Waals surface area contributed by atoms with Gasteiger partial charge in [-0.2, -0.15) is 0 Å². The van der Waals surface area contributed by atoms with Crippen molar-refractivity contribution in [2.24, 2.45) is 0 Å². The summed E-state index contributed by atoms with van der Waals surface area (Å²) in [6.07, 6.45) is 0. The third kappa shape index (κ3) is 5.67. The summed E-state index contributed by atoms with van der Waals surface area (Å²) in [6, 6.07) is 18.2. The molecule has 1 unspecified atom stereocenters. The van der Waals surface area contributed by atoms with Crippen LogP contribution in [0.4, 0.5) is 5.69 Å². The number of rotatable bonds is 8. The molecule has 33 heavy (non-hydrogen) atoms. The zero-order valence-corrected chi connectivity index (χ0v) is 20.6. The molecule has 0 aliphatic rings. The average Bonchev–Trinajstić information content (AvgIpc) is 2.79. The summed E-state index contributed by atoms with van der Waals surface area (Å²) in [5, 5.41) is 3.31. The van der Waals surface area contributed by atoms with Crippen molar-refractivity contribution in [1.82, 2.24) is 5.32 Å². The number of sulfonamides is 1. The molecule has 0 spiro atoms. The fraction of sp³-hybridized carbons (Fsp3) is 0.240. The van der Waals surface area contributed by atoms with Crippen molar-refractivity contribution < 1.29 is 17.9 Å². The number of hydrogen-bond donors (Lipinski definition) is 1. The standard InChI is InChI=1S/C25H27ClN2O4S/c1-17-9-12-21(15-18(17)2)28(33(30,31)22-13-10-20(26)11-14-22)16-25(29)27-19(3)23-7-5-6-8-24(23)32-4/h5-15,19H,16H2,1-4H3,(H,27,29). The predicted molar refractivity (Wildman–Crippen MR) is 131 cm³/mol. The van der Waals surface area contributed by atoms with Crippen molar-refractivity contribution in [1.29, 1.82) is 0 Å². The highest BCUT2D eigenvalue weighted by molar-refractivity contribution is 7.92. The summed E-state index contributed by atoms with van der Waals surface area (Å²) in [5.41, 5.74) is 3.16. The van der Waals surface area contributed by atoms with Crippen LogP contribution < -0.4 is 14.4 Å². The Hall–Kier alpha value is -3.03. The number of carbonyl (C=O) groups is 1. The Kier molecular flexibility index (Phi) is 7.66. The Morgan fingerprint density at radius 3 is 2.33 bits per heavy atom. The molecular weight excluding hydrogens is 460 g/mol. The Morgan fingerprint density at radius 2 is 1.70 bits per heavy atom. The summed E-state index contributed by atoms with van der Waals surface area (Å²) >= 11 is 5.94. The minimum absolute atomic E-state index is 0.0516. The number of amides is 1. The van der Waals surface area contributed by atoms with Crippen molar-refractivity contribution in [3.8, 4) is 5.75 Å². The molecule has 8 heteroatoms. The lowest BCUT2D eigenvalue weighted by molar-refractivity contribution is -0.120. The van der Waals surface area contributed by atoms with E-state index >= 15 is 0 Å². The van der Waals surface area contributed by atoms with E-state index in [2.05, 4.69) is 5.32 Å². The number of hydrogen-bond acceptors (Lipinski definition) is 4. The van der Waals surface area contributed by atoms with Crippen LogP contribution in [0.25, 0.3) is 0 Å². The summed E-state index contributed by atoms with van der Waals surface area (Å²) < 4.78 is 33.5. The van der Waals surface area contributed by atoms with E-state index in [1.165, 1.54) is 24.3 Å². The van der Waals surface area contributed by atoms with Crippen LogP contribution in [0.5, 0.6) is 5.75 Å². The average molecular weight is 487 g/mol. The van der Waals surface area contributed by atoms with Gasteiger partial charge in [-0.05, 0) is 74.4 Å². The highest BCUT2D eigenvalue weighted by Gasteiger charge is 2.28. The smallest absolute Gasteiger partial charge is 0.264 e. The maximum Gasteiger partial charge on any atom is 0.264 e. The number of nitrogens with one attached hydrogen (secondary N) is 1. The molecule has 0 radical (unpaired) electrons. The van der Waals surface area contributed by atoms with Crippen molar-refractivity contribution in [3.05, 3.63) is 88.4 Å². The molecule has 3 aromatic carbocycles. The number of para-hydroxylation sites is 1. The van der Waals surface area contributed by atoms with E-state index in [0.29, 0.717) is 16.5 Å². The normalized spacial score (nSPS) is 12.2. The van der Waals surface area contributed by atoms with E-state index < -0.39 is 15.9 Å². The molecule has 3 aromatic rings. The fourth-order valence-electron chi connectivity index (χ4n) is 3.45. The zero-order chi connectivity index (χ0) is 24.2. The van der Waals surface area contributed by atoms with Gasteiger partial charge in [0.2, 0.25) is 5.91 Å². The third-order valence-corrected chi connectivity index (χ3v) is 7.49. The van der Waals surface area contributed by atoms with Crippen molar-refractivity contribution >= 4 is 33.2 Å². The summed E-state index contributed by atoms with van der Waals surface area (Å²) in [7, 11) is -2.46. The van der Waals surface area contributed by atoms with Crippen LogP contribution in [0.1, 0.15) is 29.7 Å². The Bertz CT molecular complexity index is 1240. The van der Waals surface area contributed by atoms with Gasteiger partial charge >= 0.3 is 0 Å². The number of carbonyl (C=O) groups excluding carboxylic acids is 1. The van der Waals surface area contributed by atoms with Crippen LogP contribution in [0, 0.1) is 13.8 Å². The summed E-state index contributed by atoms with van der Waals surface area (Å²) in [6.45, 7) is 5.28. The molecule has 0 aromatic heterocycles. The SMILES string of the molecule is COc1ccccc1C(C)NC(=O)CN(c1ccc(C)c(C)c1)S(=O)(=O)c1ccc(Cl)cc1. The number of anilines is 1. The first-order valence-electron chi connectivity index (χ1n) is 10.4. The molecule has 174 valence electrons. The van der Waals surface area contributed by atoms with Gasteiger partial charge in [-0.15, -0.1) is 0 Å². The highest BCUT2D eigenvalue weighted by atomic mass is 35.5. The van der Waals surface area contributed by atoms with Crippen molar-refractivity contribution in [2.75, 3.05) is 18.0 Å². The molecule has 6 nitrogen and oxygen atoms in total. The number of benzene rings is 3. The Morgan fingerprint density at radius 1 is 1.03 bits per heavy atom. The maximum absolute atomic E-state index is 13.5. The van der Waals surface area contributed by atoms with Gasteiger partial charge in [-0.3, -0.25) is 9.10 Å². The Balaban J connectivity index is 1.93. The van der Waals surface area contributed by atoms with E-state index in [4.69, 9.17) is 16.3 Å². The second-order valence-corrected chi connectivity index (χ2v) is 10.1. The van der Waals surface area contributed by atoms with E-state index in [-0.39, 0.29) is 17.5 Å². The summed E-state index contributed by atoms with van der Waals surface area (Å²) in [4.78, 5) is 13.1. The van der Waals surface area contributed by atoms with Gasteiger partial charge in [0.05, 0.1) is 23.7 Å². The minimum Gasteiger partial charge on any atom is -0.496 e. The maximum atomic E-state index is 13.5. The summed E-state index contributed by atoms with van der Waals surface area (Å²) in [5.74, 6) is 0.203. The molecule has 1 N–H and O–H groups in total. The molecule has 1 amide bonds. The van der Waals surface area contributed by atoms with Crippen LogP contribution in [0.2, 0.25) is 5.02 Å². The second kappa shape index (κ2) is 10.3. The quantitative estimate of drug-likeness (QED) is 0.484. The predicted octanol–water partition coefficient (Wildman–Crippen LogP) is 5.04. The van der Waals surface area contributed by atoms with Crippen LogP contribution in [-0.4, -0.2) is 28.0 Å². The van der Waals surface area contributed by atoms with Gasteiger partial charge < -0.3 is 10.1 Å². The van der Waals surface area contributed by atoms with E-state index in [0.717, 1.165) is 21.0 Å². The molecule has 1 atom stereocenters. The molecular formula is C25H27ClN2O4S. The van der Waals surface area contributed by atoms with E-state index in [1.54, 1.807) is 19.2 Å². The van der Waals surface area contributed by atoms with Crippen LogP contribution in [0.3, 0.4) is 0 Å². The highest BCUT2D eigenvalue weighted by Crippen LogP contribution is 2.27. The number of aryl methyl sites for hydroxylation is 2. The largest absolute Gasteiger partial charge is 0.496 e. The number of halogens is 1. The monoisotopic (exact) mass is 486 g/mol. The lowest BCUT2D eigenvalue weighted by Crippen LogP contribution is -2.41. The lowest BCUT2D eigenvalue weighted by Gasteiger charge is -2.26. The third-order valence-electron chi connectivity index (χ3n) is 5.45. The number of ether oxygens (including phenoxy) is 1. The first-order valence-corrected chi connectivity index (χ1v) is 12.2. The molecule has 0 bridgehead atoms. The van der Waals surface area contributed by atoms with Crippen LogP contribution in [-0.2, 0) is 14.8 Å². The lowest BCUT2D eigenvalue weighted by atomic mass is 10.1. The van der Waals surface area contributed by atoms with Crippen LogP contribution in [0.15, 0.2) is 71.6 Å². The molecule has 0 saturated carbocycles. The molecule has 0 aliphatic carbocycles. The van der Waals surface area contributed by atoms with Crippen molar-refractivity contribution in [3.63, 3.8) is 0 Å². The first kappa shape index (κ1) is 24.6. The van der Waals surface area contributed by atoms with Gasteiger partial charge in [0, 0.05) is 10.6 Å². The number of nitrogens with zero attached hydrogens (tertiary/aromatic N) is 1. The van der Waals surface area contributed by atoms with Crippen molar-refractivity contribution in [2.45, 2.75) is 31.7 Å². The molecule has 0 heterocycles. The van der Waals surface area contributed by atoms with Gasteiger partial charge in [0.15, 0.2) is 0 Å². The minimum atomic E-state index is -4.02. The zero-order valence-electron chi connectivity index (χ0n) is 19.0. The molecule has 0 aliphatic heterocycles. The number of methoxy groups -OCH3 is 1. The topological polar surface area (TPSA) is 75.7 Å². The molecule has 0 saturated heterocycles. The van der Waals surface area contributed by atoms with E-state index in [9.17, 15) is 13.2 Å². The van der Waals surface area contributed by atoms with E-state index in [1.807, 2.05) is 51.1 Å². The molecule has 3 rings (SSSR count). The second-order valence-electron chi connectivity index (χ2n) is 7.77.